The van der Waals surface area contributed by atoms with Crippen molar-refractivity contribution in [1.82, 2.24) is 5.32 Å². The number of benzene rings is 1. The van der Waals surface area contributed by atoms with E-state index in [4.69, 9.17) is 11.6 Å². The molecule has 1 saturated carbocycles. The van der Waals surface area contributed by atoms with Crippen LogP contribution in [-0.4, -0.2) is 16.2 Å². The molecule has 1 fully saturated rings. The van der Waals surface area contributed by atoms with Crippen molar-refractivity contribution in [2.75, 3.05) is 0 Å². The number of nitrogens with one attached hydrogen (secondary N) is 1. The summed E-state index contributed by atoms with van der Waals surface area (Å²) in [5.41, 5.74) is 0.926. The van der Waals surface area contributed by atoms with Crippen LogP contribution in [0.5, 0.6) is 0 Å². The summed E-state index contributed by atoms with van der Waals surface area (Å²) in [6.07, 6.45) is 4.59. The number of thiol groups is 1. The van der Waals surface area contributed by atoms with Gasteiger partial charge in [-0.2, -0.15) is 12.6 Å². The molecule has 0 bridgehead atoms. The molecule has 0 aliphatic heterocycles. The lowest BCUT2D eigenvalue weighted by Gasteiger charge is -2.27. The van der Waals surface area contributed by atoms with Gasteiger partial charge in [-0.1, -0.05) is 18.0 Å². The Bertz CT molecular complexity index is 474. The minimum Gasteiger partial charge on any atom is -0.310 e. The molecule has 0 spiro atoms. The van der Waals surface area contributed by atoms with Crippen LogP contribution < -0.4 is 5.32 Å². The lowest BCUT2D eigenvalue weighted by molar-refractivity contribution is -0.384. The van der Waals surface area contributed by atoms with Crippen LogP contribution in [0.25, 0.3) is 0 Å². The number of non-ortho nitro benzene ring substituents is 1. The van der Waals surface area contributed by atoms with Crippen molar-refractivity contribution in [1.29, 1.82) is 0 Å². The Labute approximate surface area is 135 Å². The van der Waals surface area contributed by atoms with Crippen molar-refractivity contribution in [2.24, 2.45) is 0 Å². The molecule has 20 heavy (non-hydrogen) atoms. The fourth-order valence-corrected chi connectivity index (χ4v) is 3.08. The first kappa shape index (κ1) is 17.6. The molecule has 0 aromatic heterocycles. The van der Waals surface area contributed by atoms with Gasteiger partial charge in [0.15, 0.2) is 0 Å². The van der Waals surface area contributed by atoms with Crippen molar-refractivity contribution < 1.29 is 4.92 Å². The molecule has 1 N–H and O–H groups in total. The number of nitrogens with zero attached hydrogens (tertiary/aromatic N) is 1. The third kappa shape index (κ3) is 4.81. The standard InChI is InChI=1S/C13H17ClN2O2S.ClH/c14-13-7-11(16(17)18)5-4-9(13)8-15-10-2-1-3-12(19)6-10;/h4-5,7,10,12,15,19H,1-3,6,8H2;1H. The van der Waals surface area contributed by atoms with E-state index in [-0.39, 0.29) is 18.1 Å². The molecule has 0 heterocycles. The van der Waals surface area contributed by atoms with Crippen LogP contribution in [-0.2, 0) is 6.54 Å². The quantitative estimate of drug-likeness (QED) is 0.496. The molecule has 2 rings (SSSR count). The van der Waals surface area contributed by atoms with E-state index in [0.29, 0.717) is 22.9 Å². The van der Waals surface area contributed by atoms with Gasteiger partial charge in [0.2, 0.25) is 0 Å². The average Bonchev–Trinajstić information content (AvgIpc) is 2.37. The van der Waals surface area contributed by atoms with E-state index in [0.717, 1.165) is 18.4 Å². The summed E-state index contributed by atoms with van der Waals surface area (Å²) in [4.78, 5) is 10.2. The molecule has 7 heteroatoms. The van der Waals surface area contributed by atoms with Gasteiger partial charge in [-0.05, 0) is 30.9 Å². The summed E-state index contributed by atoms with van der Waals surface area (Å²) in [7, 11) is 0. The Morgan fingerprint density at radius 3 is 2.80 bits per heavy atom. The van der Waals surface area contributed by atoms with E-state index in [1.54, 1.807) is 6.07 Å². The van der Waals surface area contributed by atoms with Crippen LogP contribution in [0.2, 0.25) is 5.02 Å². The molecular formula is C13H18Cl2N2O2S. The van der Waals surface area contributed by atoms with E-state index in [9.17, 15) is 10.1 Å². The highest BCUT2D eigenvalue weighted by Gasteiger charge is 2.19. The van der Waals surface area contributed by atoms with E-state index in [1.165, 1.54) is 25.0 Å². The first-order valence-electron chi connectivity index (χ1n) is 6.40. The molecule has 1 aromatic carbocycles. The first-order chi connectivity index (χ1) is 9.06. The molecule has 112 valence electrons. The van der Waals surface area contributed by atoms with Crippen LogP contribution in [0, 0.1) is 10.1 Å². The largest absolute Gasteiger partial charge is 0.310 e. The number of hydrogen-bond donors (Lipinski definition) is 2. The third-order valence-corrected chi connectivity index (χ3v) is 4.30. The van der Waals surface area contributed by atoms with E-state index >= 15 is 0 Å². The first-order valence-corrected chi connectivity index (χ1v) is 7.30. The Hall–Kier alpha value is -0.490. The Balaban J connectivity index is 0.00000200. The summed E-state index contributed by atoms with van der Waals surface area (Å²) in [6.45, 7) is 0.641. The van der Waals surface area contributed by atoms with Crippen molar-refractivity contribution in [3.63, 3.8) is 0 Å². The maximum atomic E-state index is 10.6. The molecule has 0 saturated heterocycles. The fourth-order valence-electron chi connectivity index (χ4n) is 2.40. The number of nitro groups is 1. The summed E-state index contributed by atoms with van der Waals surface area (Å²) < 4.78 is 0. The molecule has 0 radical (unpaired) electrons. The maximum Gasteiger partial charge on any atom is 0.270 e. The van der Waals surface area contributed by atoms with Crippen LogP contribution in [0.15, 0.2) is 18.2 Å². The van der Waals surface area contributed by atoms with Gasteiger partial charge >= 0.3 is 0 Å². The minimum atomic E-state index is -0.435. The zero-order valence-electron chi connectivity index (χ0n) is 10.9. The van der Waals surface area contributed by atoms with Crippen molar-refractivity contribution >= 4 is 42.3 Å². The Kier molecular flexibility index (Phi) is 7.09. The van der Waals surface area contributed by atoms with Crippen LogP contribution in [0.3, 0.4) is 0 Å². The second-order valence-corrected chi connectivity index (χ2v) is 6.07. The smallest absolute Gasteiger partial charge is 0.270 e. The van der Waals surface area contributed by atoms with Crippen molar-refractivity contribution in [3.8, 4) is 0 Å². The van der Waals surface area contributed by atoms with Gasteiger partial charge in [-0.15, -0.1) is 12.4 Å². The highest BCUT2D eigenvalue weighted by molar-refractivity contribution is 7.80. The third-order valence-electron chi connectivity index (χ3n) is 3.48. The van der Waals surface area contributed by atoms with Gasteiger partial charge in [-0.3, -0.25) is 10.1 Å². The topological polar surface area (TPSA) is 55.2 Å². The highest BCUT2D eigenvalue weighted by atomic mass is 35.5. The second-order valence-electron chi connectivity index (χ2n) is 4.93. The van der Waals surface area contributed by atoms with E-state index in [1.807, 2.05) is 0 Å². The molecule has 0 amide bonds. The normalized spacial score (nSPS) is 22.1. The highest BCUT2D eigenvalue weighted by Crippen LogP contribution is 2.25. The van der Waals surface area contributed by atoms with Crippen LogP contribution in [0.4, 0.5) is 5.69 Å². The predicted octanol–water partition coefficient (Wildman–Crippen LogP) is 4.00. The lowest BCUT2D eigenvalue weighted by Crippen LogP contribution is -2.34. The zero-order valence-corrected chi connectivity index (χ0v) is 13.4. The Morgan fingerprint density at radius 2 is 2.20 bits per heavy atom. The minimum absolute atomic E-state index is 0. The van der Waals surface area contributed by atoms with Gasteiger partial charge in [0.05, 0.1) is 9.95 Å². The van der Waals surface area contributed by atoms with Crippen LogP contribution in [0.1, 0.15) is 31.2 Å². The SMILES string of the molecule is Cl.O=[N+]([O-])c1ccc(CNC2CCCC(S)C2)c(Cl)c1. The molecule has 2 unspecified atom stereocenters. The molecule has 1 aromatic rings. The van der Waals surface area contributed by atoms with Crippen molar-refractivity contribution in [3.05, 3.63) is 38.9 Å². The summed E-state index contributed by atoms with van der Waals surface area (Å²) in [5, 5.41) is 15.0. The van der Waals surface area contributed by atoms with E-state index in [2.05, 4.69) is 17.9 Å². The lowest BCUT2D eigenvalue weighted by atomic mass is 9.95. The van der Waals surface area contributed by atoms with Crippen LogP contribution >= 0.6 is 36.6 Å². The van der Waals surface area contributed by atoms with E-state index < -0.39 is 4.92 Å². The fraction of sp³-hybridized carbons (Fsp3) is 0.538. The van der Waals surface area contributed by atoms with Gasteiger partial charge in [-0.25, -0.2) is 0 Å². The van der Waals surface area contributed by atoms with Gasteiger partial charge in [0, 0.05) is 30.0 Å². The summed E-state index contributed by atoms with van der Waals surface area (Å²) in [6, 6.07) is 5.07. The maximum absolute atomic E-state index is 10.6. The molecule has 4 nitrogen and oxygen atoms in total. The average molecular weight is 337 g/mol. The second kappa shape index (κ2) is 8.08. The monoisotopic (exact) mass is 336 g/mol. The summed E-state index contributed by atoms with van der Waals surface area (Å²) >= 11 is 10.6. The predicted molar refractivity (Wildman–Crippen MR) is 87.2 cm³/mol. The number of nitro benzene ring substituents is 1. The van der Waals surface area contributed by atoms with Gasteiger partial charge < -0.3 is 5.32 Å². The number of hydrogen-bond acceptors (Lipinski definition) is 4. The molecule has 1 aliphatic carbocycles. The van der Waals surface area contributed by atoms with Crippen molar-refractivity contribution in [2.45, 2.75) is 43.5 Å². The molecule has 2 atom stereocenters. The molecular weight excluding hydrogens is 319 g/mol. The Morgan fingerprint density at radius 1 is 1.45 bits per heavy atom. The van der Waals surface area contributed by atoms with Gasteiger partial charge in [0.25, 0.3) is 5.69 Å². The number of rotatable bonds is 4. The zero-order chi connectivity index (χ0) is 13.8. The number of halogens is 2. The van der Waals surface area contributed by atoms with Gasteiger partial charge in [0.1, 0.15) is 0 Å². The summed E-state index contributed by atoms with van der Waals surface area (Å²) in [5.74, 6) is 0. The molecule has 1 aliphatic rings.